The number of esters is 3. The minimum absolute atomic E-state index is 0.0659. The van der Waals surface area contributed by atoms with Gasteiger partial charge in [-0.3, -0.25) is 14.4 Å². The summed E-state index contributed by atoms with van der Waals surface area (Å²) in [5.41, 5.74) is 0. The lowest BCUT2D eigenvalue weighted by Crippen LogP contribution is -2.30. The molecule has 6 nitrogen and oxygen atoms in total. The summed E-state index contributed by atoms with van der Waals surface area (Å²) in [5.74, 6) is 0.730. The molecule has 6 heteroatoms. The maximum absolute atomic E-state index is 12.7. The molecule has 0 saturated heterocycles. The van der Waals surface area contributed by atoms with Crippen molar-refractivity contribution < 1.29 is 28.6 Å². The van der Waals surface area contributed by atoms with Gasteiger partial charge in [-0.15, -0.1) is 0 Å². The second-order valence-corrected chi connectivity index (χ2v) is 16.8. The zero-order valence-electron chi connectivity index (χ0n) is 36.1. The molecule has 0 spiro atoms. The molecule has 0 aromatic heterocycles. The van der Waals surface area contributed by atoms with Crippen LogP contribution in [0.5, 0.6) is 0 Å². The Bertz CT molecular complexity index is 811. The van der Waals surface area contributed by atoms with E-state index in [1.54, 1.807) is 0 Å². The smallest absolute Gasteiger partial charge is 0.306 e. The number of carbonyl (C=O) groups excluding carboxylic acids is 3. The Labute approximate surface area is 329 Å². The van der Waals surface area contributed by atoms with Crippen LogP contribution in [0.4, 0.5) is 0 Å². The maximum atomic E-state index is 12.7. The van der Waals surface area contributed by atoms with E-state index in [4.69, 9.17) is 14.2 Å². The summed E-state index contributed by atoms with van der Waals surface area (Å²) in [6.45, 7) is 11.3. The van der Waals surface area contributed by atoms with Crippen LogP contribution in [-0.4, -0.2) is 37.2 Å². The fourth-order valence-electron chi connectivity index (χ4n) is 6.90. The van der Waals surface area contributed by atoms with Crippen LogP contribution < -0.4 is 0 Å². The van der Waals surface area contributed by atoms with Crippen molar-refractivity contribution in [2.75, 3.05) is 13.2 Å². The third-order valence-corrected chi connectivity index (χ3v) is 10.8. The highest BCUT2D eigenvalue weighted by molar-refractivity contribution is 5.71. The first kappa shape index (κ1) is 51.4. The van der Waals surface area contributed by atoms with Crippen molar-refractivity contribution in [1.82, 2.24) is 0 Å². The van der Waals surface area contributed by atoms with Crippen LogP contribution in [0.1, 0.15) is 253 Å². The van der Waals surface area contributed by atoms with Gasteiger partial charge >= 0.3 is 17.9 Å². The molecule has 0 amide bonds. The first-order valence-corrected chi connectivity index (χ1v) is 23.3. The van der Waals surface area contributed by atoms with E-state index in [-0.39, 0.29) is 31.1 Å². The van der Waals surface area contributed by atoms with E-state index < -0.39 is 6.10 Å². The van der Waals surface area contributed by atoms with Gasteiger partial charge < -0.3 is 14.2 Å². The van der Waals surface area contributed by atoms with E-state index in [0.29, 0.717) is 19.3 Å². The molecular weight excluding hydrogens is 661 g/mol. The summed E-state index contributed by atoms with van der Waals surface area (Å²) in [7, 11) is 0. The number of hydrogen-bond acceptors (Lipinski definition) is 6. The van der Waals surface area contributed by atoms with Crippen LogP contribution in [0.15, 0.2) is 0 Å². The Hall–Kier alpha value is -1.59. The summed E-state index contributed by atoms with van der Waals surface area (Å²) < 4.78 is 16.7. The predicted octanol–water partition coefficient (Wildman–Crippen LogP) is 14.6. The fraction of sp³-hybridized carbons (Fsp3) is 0.936. The quantitative estimate of drug-likeness (QED) is 0.0352. The van der Waals surface area contributed by atoms with Crippen LogP contribution in [0, 0.1) is 11.8 Å². The molecule has 0 aromatic rings. The van der Waals surface area contributed by atoms with Crippen LogP contribution in [-0.2, 0) is 28.6 Å². The highest BCUT2D eigenvalue weighted by atomic mass is 16.6. The van der Waals surface area contributed by atoms with Gasteiger partial charge in [-0.05, 0) is 31.1 Å². The Kier molecular flexibility index (Phi) is 38.9. The van der Waals surface area contributed by atoms with Crippen molar-refractivity contribution in [1.29, 1.82) is 0 Å². The van der Waals surface area contributed by atoms with Crippen molar-refractivity contribution in [3.05, 3.63) is 0 Å². The zero-order valence-corrected chi connectivity index (χ0v) is 36.1. The number of rotatable bonds is 41. The lowest BCUT2D eigenvalue weighted by Gasteiger charge is -2.18. The van der Waals surface area contributed by atoms with Gasteiger partial charge in [-0.25, -0.2) is 0 Å². The highest BCUT2D eigenvalue weighted by Gasteiger charge is 2.19. The number of hydrogen-bond donors (Lipinski definition) is 0. The van der Waals surface area contributed by atoms with Gasteiger partial charge in [-0.2, -0.15) is 0 Å². The third-order valence-electron chi connectivity index (χ3n) is 10.8. The standard InChI is InChI=1S/C47H90O6/c1-6-8-9-10-11-12-13-14-15-16-17-18-21-27-32-37-45(48)51-40-44(53-47(50)39-34-29-22-19-20-25-30-35-42(3)4)41-52-46(49)38-33-28-24-23-26-31-36-43(5)7-2/h42-44H,6-41H2,1-5H3/t43?,44-/m0/s1. The molecule has 0 N–H and O–H groups in total. The monoisotopic (exact) mass is 751 g/mol. The Morgan fingerprint density at radius 3 is 1.08 bits per heavy atom. The lowest BCUT2D eigenvalue weighted by molar-refractivity contribution is -0.167. The molecule has 2 atom stereocenters. The zero-order chi connectivity index (χ0) is 39.0. The van der Waals surface area contributed by atoms with Crippen molar-refractivity contribution in [2.45, 2.75) is 259 Å². The summed E-state index contributed by atoms with van der Waals surface area (Å²) in [5, 5.41) is 0. The minimum atomic E-state index is -0.761. The molecule has 314 valence electrons. The number of unbranched alkanes of at least 4 members (excludes halogenated alkanes) is 25. The largest absolute Gasteiger partial charge is 0.462 e. The van der Waals surface area contributed by atoms with Crippen LogP contribution in [0.3, 0.4) is 0 Å². The molecule has 53 heavy (non-hydrogen) atoms. The fourth-order valence-corrected chi connectivity index (χ4v) is 6.90. The van der Waals surface area contributed by atoms with Gasteiger partial charge in [0.2, 0.25) is 0 Å². The molecule has 0 rings (SSSR count). The highest BCUT2D eigenvalue weighted by Crippen LogP contribution is 2.17. The van der Waals surface area contributed by atoms with Crippen molar-refractivity contribution in [3.63, 3.8) is 0 Å². The normalized spacial score (nSPS) is 12.6. The third kappa shape index (κ3) is 39.9. The van der Waals surface area contributed by atoms with Crippen molar-refractivity contribution >= 4 is 17.9 Å². The molecule has 0 heterocycles. The first-order chi connectivity index (χ1) is 25.8. The molecule has 0 aliphatic rings. The van der Waals surface area contributed by atoms with E-state index >= 15 is 0 Å². The maximum Gasteiger partial charge on any atom is 0.306 e. The molecule has 1 unspecified atom stereocenters. The average molecular weight is 751 g/mol. The Balaban J connectivity index is 4.30. The van der Waals surface area contributed by atoms with E-state index in [1.165, 1.54) is 141 Å². The summed E-state index contributed by atoms with van der Waals surface area (Å²) in [6, 6.07) is 0. The Morgan fingerprint density at radius 2 is 0.717 bits per heavy atom. The summed E-state index contributed by atoms with van der Waals surface area (Å²) in [4.78, 5) is 37.7. The van der Waals surface area contributed by atoms with E-state index in [9.17, 15) is 14.4 Å². The van der Waals surface area contributed by atoms with Crippen LogP contribution >= 0.6 is 0 Å². The molecular formula is C47H90O6. The summed E-state index contributed by atoms with van der Waals surface area (Å²) >= 11 is 0. The minimum Gasteiger partial charge on any atom is -0.462 e. The van der Waals surface area contributed by atoms with Gasteiger partial charge in [0.05, 0.1) is 0 Å². The average Bonchev–Trinajstić information content (AvgIpc) is 3.14. The van der Waals surface area contributed by atoms with Gasteiger partial charge in [0, 0.05) is 19.3 Å². The lowest BCUT2D eigenvalue weighted by atomic mass is 10.00. The van der Waals surface area contributed by atoms with Crippen molar-refractivity contribution in [3.8, 4) is 0 Å². The van der Waals surface area contributed by atoms with Gasteiger partial charge in [0.15, 0.2) is 6.10 Å². The second kappa shape index (κ2) is 40.1. The predicted molar refractivity (Wildman–Crippen MR) is 224 cm³/mol. The topological polar surface area (TPSA) is 78.9 Å². The van der Waals surface area contributed by atoms with Crippen LogP contribution in [0.2, 0.25) is 0 Å². The van der Waals surface area contributed by atoms with E-state index in [2.05, 4.69) is 34.6 Å². The molecule has 0 fully saturated rings. The molecule has 0 aromatic carbocycles. The number of ether oxygens (including phenoxy) is 3. The van der Waals surface area contributed by atoms with Gasteiger partial charge in [0.1, 0.15) is 13.2 Å². The van der Waals surface area contributed by atoms with Crippen molar-refractivity contribution in [2.24, 2.45) is 11.8 Å². The summed E-state index contributed by atoms with van der Waals surface area (Å²) in [6.07, 6.45) is 38.1. The SMILES string of the molecule is CCCCCCCCCCCCCCCCCC(=O)OC[C@@H](COC(=O)CCCCCCCCC(C)CC)OC(=O)CCCCCCCCCC(C)C. The molecule has 0 saturated carbocycles. The first-order valence-electron chi connectivity index (χ1n) is 23.3. The van der Waals surface area contributed by atoms with E-state index in [1.807, 2.05) is 0 Å². The number of carbonyl (C=O) groups is 3. The second-order valence-electron chi connectivity index (χ2n) is 16.8. The molecule has 0 bridgehead atoms. The molecule has 0 radical (unpaired) electrons. The molecule has 0 aliphatic carbocycles. The molecule has 0 aliphatic heterocycles. The van der Waals surface area contributed by atoms with Gasteiger partial charge in [-0.1, -0.05) is 214 Å². The van der Waals surface area contributed by atoms with Gasteiger partial charge in [0.25, 0.3) is 0 Å². The Morgan fingerprint density at radius 1 is 0.396 bits per heavy atom. The van der Waals surface area contributed by atoms with E-state index in [0.717, 1.165) is 69.6 Å². The van der Waals surface area contributed by atoms with Crippen LogP contribution in [0.25, 0.3) is 0 Å².